The van der Waals surface area contributed by atoms with Crippen molar-refractivity contribution in [3.63, 3.8) is 0 Å². The molecule has 0 radical (unpaired) electrons. The van der Waals surface area contributed by atoms with Crippen molar-refractivity contribution in [3.05, 3.63) is 39.9 Å². The molecule has 0 aromatic carbocycles. The number of carbonyl (C=O) groups excluding carboxylic acids is 1. The van der Waals surface area contributed by atoms with Gasteiger partial charge in [0.1, 0.15) is 5.76 Å². The zero-order chi connectivity index (χ0) is 17.2. The van der Waals surface area contributed by atoms with E-state index < -0.39 is 0 Å². The molecule has 0 N–H and O–H groups in total. The minimum atomic E-state index is 0.116. The van der Waals surface area contributed by atoms with Crippen molar-refractivity contribution in [1.29, 1.82) is 0 Å². The molecule has 1 amide bonds. The van der Waals surface area contributed by atoms with Gasteiger partial charge >= 0.3 is 0 Å². The summed E-state index contributed by atoms with van der Waals surface area (Å²) in [5.74, 6) is 1.11. The summed E-state index contributed by atoms with van der Waals surface area (Å²) < 4.78 is 11.1. The Labute approximate surface area is 151 Å². The van der Waals surface area contributed by atoms with Gasteiger partial charge in [0.05, 0.1) is 31.4 Å². The molecule has 2 atom stereocenters. The Hall–Kier alpha value is -1.70. The van der Waals surface area contributed by atoms with Crippen molar-refractivity contribution >= 4 is 17.2 Å². The molecule has 2 aliphatic heterocycles. The summed E-state index contributed by atoms with van der Waals surface area (Å²) in [7, 11) is 0. The van der Waals surface area contributed by atoms with Crippen LogP contribution >= 0.6 is 11.3 Å². The summed E-state index contributed by atoms with van der Waals surface area (Å²) in [6.45, 7) is 6.65. The number of ether oxygens (including phenoxy) is 1. The number of thiophene rings is 1. The minimum Gasteiger partial charge on any atom is -0.379 e. The van der Waals surface area contributed by atoms with Crippen LogP contribution in [0.4, 0.5) is 0 Å². The van der Waals surface area contributed by atoms with Gasteiger partial charge in [0, 0.05) is 38.2 Å². The fourth-order valence-electron chi connectivity index (χ4n) is 3.70. The third kappa shape index (κ3) is 3.94. The van der Waals surface area contributed by atoms with E-state index in [9.17, 15) is 4.79 Å². The number of rotatable bonds is 4. The molecule has 0 saturated carbocycles. The fourth-order valence-corrected chi connectivity index (χ4v) is 4.36. The quantitative estimate of drug-likeness (QED) is 0.833. The Morgan fingerprint density at radius 1 is 1.36 bits per heavy atom. The summed E-state index contributed by atoms with van der Waals surface area (Å²) in [4.78, 5) is 17.2. The van der Waals surface area contributed by atoms with Crippen molar-refractivity contribution in [1.82, 2.24) is 15.0 Å². The van der Waals surface area contributed by atoms with E-state index in [0.717, 1.165) is 31.9 Å². The second-order valence-corrected chi connectivity index (χ2v) is 7.81. The lowest BCUT2D eigenvalue weighted by Gasteiger charge is -2.31. The monoisotopic (exact) mass is 361 g/mol. The molecule has 2 aromatic rings. The van der Waals surface area contributed by atoms with Gasteiger partial charge in [-0.15, -0.1) is 0 Å². The highest BCUT2D eigenvalue weighted by molar-refractivity contribution is 7.07. The van der Waals surface area contributed by atoms with Gasteiger partial charge in [-0.2, -0.15) is 11.3 Å². The summed E-state index contributed by atoms with van der Waals surface area (Å²) in [5, 5.41) is 8.19. The highest BCUT2D eigenvalue weighted by Crippen LogP contribution is 2.23. The number of hydrogen-bond acceptors (Lipinski definition) is 6. The minimum absolute atomic E-state index is 0.116. The lowest BCUT2D eigenvalue weighted by molar-refractivity contribution is -0.132. The fraction of sp³-hybridized carbons (Fsp3) is 0.556. The maximum atomic E-state index is 12.8. The second kappa shape index (κ2) is 7.27. The van der Waals surface area contributed by atoms with Crippen molar-refractivity contribution in [2.75, 3.05) is 32.8 Å². The van der Waals surface area contributed by atoms with Crippen LogP contribution in [0.2, 0.25) is 0 Å². The standard InChI is InChI=1S/C18H23N3O3S/c1-13-4-17(24-19-13)5-18(22)21-8-15-7-20(6-14-2-3-25-12-14)16(9-21)11-23-10-15/h2-4,12,15-16H,5-11H2,1H3/t15-,16+/m1/s1. The molecule has 2 saturated heterocycles. The zero-order valence-electron chi connectivity index (χ0n) is 14.4. The van der Waals surface area contributed by atoms with Crippen LogP contribution in [0.5, 0.6) is 0 Å². The highest BCUT2D eigenvalue weighted by Gasteiger charge is 2.35. The smallest absolute Gasteiger partial charge is 0.230 e. The lowest BCUT2D eigenvalue weighted by atomic mass is 10.1. The van der Waals surface area contributed by atoms with E-state index in [1.54, 1.807) is 11.3 Å². The van der Waals surface area contributed by atoms with Crippen molar-refractivity contribution in [3.8, 4) is 0 Å². The second-order valence-electron chi connectivity index (χ2n) is 7.03. The third-order valence-corrected chi connectivity index (χ3v) is 5.64. The number of aromatic nitrogens is 1. The first-order valence-electron chi connectivity index (χ1n) is 8.70. The van der Waals surface area contributed by atoms with Gasteiger partial charge in [0.15, 0.2) is 0 Å². The molecule has 0 aliphatic carbocycles. The molecule has 4 heterocycles. The van der Waals surface area contributed by atoms with Gasteiger partial charge in [-0.1, -0.05) is 5.16 Å². The van der Waals surface area contributed by atoms with E-state index in [2.05, 4.69) is 26.9 Å². The van der Waals surface area contributed by atoms with Crippen LogP contribution in [0.25, 0.3) is 0 Å². The van der Waals surface area contributed by atoms with E-state index in [4.69, 9.17) is 9.26 Å². The largest absolute Gasteiger partial charge is 0.379 e. The Balaban J connectivity index is 1.46. The molecule has 2 fully saturated rings. The maximum absolute atomic E-state index is 12.8. The van der Waals surface area contributed by atoms with Gasteiger partial charge in [0.25, 0.3) is 0 Å². The molecular formula is C18H23N3O3S. The van der Waals surface area contributed by atoms with Crippen LogP contribution in [-0.2, 0) is 22.5 Å². The maximum Gasteiger partial charge on any atom is 0.230 e. The molecule has 0 unspecified atom stereocenters. The van der Waals surface area contributed by atoms with E-state index in [-0.39, 0.29) is 18.4 Å². The lowest BCUT2D eigenvalue weighted by Crippen LogP contribution is -2.46. The van der Waals surface area contributed by atoms with Crippen molar-refractivity contribution < 1.29 is 14.1 Å². The summed E-state index contributed by atoms with van der Waals surface area (Å²) in [6, 6.07) is 4.26. The third-order valence-electron chi connectivity index (χ3n) is 4.90. The molecule has 134 valence electrons. The molecule has 7 heteroatoms. The van der Waals surface area contributed by atoms with Gasteiger partial charge in [-0.05, 0) is 29.3 Å². The van der Waals surface area contributed by atoms with Crippen molar-refractivity contribution in [2.45, 2.75) is 25.9 Å². The molecule has 2 bridgehead atoms. The Morgan fingerprint density at radius 2 is 2.28 bits per heavy atom. The topological polar surface area (TPSA) is 58.8 Å². The van der Waals surface area contributed by atoms with Gasteiger partial charge in [0.2, 0.25) is 5.91 Å². The SMILES string of the molecule is Cc1cc(CC(=O)N2C[C@@H]3COC[C@H](C2)N(Cc2ccsc2)C3)on1. The van der Waals surface area contributed by atoms with Crippen molar-refractivity contribution in [2.24, 2.45) is 5.92 Å². The predicted octanol–water partition coefficient (Wildman–Crippen LogP) is 1.95. The van der Waals surface area contributed by atoms with Crippen LogP contribution in [0.3, 0.4) is 0 Å². The van der Waals surface area contributed by atoms with E-state index >= 15 is 0 Å². The van der Waals surface area contributed by atoms with Crippen LogP contribution in [0.1, 0.15) is 17.0 Å². The molecule has 4 rings (SSSR count). The van der Waals surface area contributed by atoms with Gasteiger partial charge in [-0.25, -0.2) is 0 Å². The highest BCUT2D eigenvalue weighted by atomic mass is 32.1. The molecular weight excluding hydrogens is 338 g/mol. The zero-order valence-corrected chi connectivity index (χ0v) is 15.2. The molecule has 6 nitrogen and oxygen atoms in total. The number of aryl methyl sites for hydroxylation is 1. The Kier molecular flexibility index (Phi) is 4.87. The summed E-state index contributed by atoms with van der Waals surface area (Å²) >= 11 is 1.73. The van der Waals surface area contributed by atoms with E-state index in [1.807, 2.05) is 17.9 Å². The first kappa shape index (κ1) is 16.8. The molecule has 2 aliphatic rings. The molecule has 2 aromatic heterocycles. The summed E-state index contributed by atoms with van der Waals surface area (Å²) in [6.07, 6.45) is 0.283. The Bertz CT molecular complexity index is 715. The van der Waals surface area contributed by atoms with Crippen LogP contribution in [0, 0.1) is 12.8 Å². The number of carbonyl (C=O) groups is 1. The van der Waals surface area contributed by atoms with Crippen LogP contribution < -0.4 is 0 Å². The normalized spacial score (nSPS) is 24.3. The average Bonchev–Trinajstić information content (AvgIpc) is 3.12. The van der Waals surface area contributed by atoms with Gasteiger partial charge < -0.3 is 14.2 Å². The number of hydrogen-bond donors (Lipinski definition) is 0. The first-order valence-corrected chi connectivity index (χ1v) is 9.64. The van der Waals surface area contributed by atoms with E-state index in [0.29, 0.717) is 24.8 Å². The first-order chi connectivity index (χ1) is 12.2. The number of amides is 1. The van der Waals surface area contributed by atoms with E-state index in [1.165, 1.54) is 5.56 Å². The van der Waals surface area contributed by atoms with Gasteiger partial charge in [-0.3, -0.25) is 9.69 Å². The number of nitrogens with zero attached hydrogens (tertiary/aromatic N) is 3. The average molecular weight is 361 g/mol. The molecule has 25 heavy (non-hydrogen) atoms. The van der Waals surface area contributed by atoms with Crippen LogP contribution in [-0.4, -0.2) is 59.8 Å². The number of fused-ring (bicyclic) bond motifs is 3. The Morgan fingerprint density at radius 3 is 3.04 bits per heavy atom. The predicted molar refractivity (Wildman–Crippen MR) is 94.4 cm³/mol. The summed E-state index contributed by atoms with van der Waals surface area (Å²) in [5.41, 5.74) is 2.15. The van der Waals surface area contributed by atoms with Crippen LogP contribution in [0.15, 0.2) is 27.4 Å². The molecule has 0 spiro atoms.